The van der Waals surface area contributed by atoms with Gasteiger partial charge in [0.15, 0.2) is 0 Å². The van der Waals surface area contributed by atoms with E-state index in [1.54, 1.807) is 11.3 Å². The summed E-state index contributed by atoms with van der Waals surface area (Å²) >= 11 is 5.11. The third-order valence-corrected chi connectivity index (χ3v) is 4.17. The molecule has 4 N–H and O–H groups in total. The molecule has 0 spiro atoms. The molecule has 3 nitrogen and oxygen atoms in total. The molecule has 0 aromatic carbocycles. The van der Waals surface area contributed by atoms with Gasteiger partial charge in [-0.3, -0.25) is 4.79 Å². The van der Waals surface area contributed by atoms with E-state index < -0.39 is 0 Å². The number of nitrogens with two attached hydrogens (primary N) is 2. The summed E-state index contributed by atoms with van der Waals surface area (Å²) in [5.41, 5.74) is 11.1. The summed E-state index contributed by atoms with van der Waals surface area (Å²) in [6.07, 6.45) is 3.12. The Hall–Kier alpha value is -0.390. The van der Waals surface area contributed by atoms with E-state index in [1.165, 1.54) is 4.88 Å². The van der Waals surface area contributed by atoms with Crippen molar-refractivity contribution in [1.82, 2.24) is 0 Å². The normalized spacial score (nSPS) is 12.7. The molecule has 15 heavy (non-hydrogen) atoms. The Morgan fingerprint density at radius 3 is 2.80 bits per heavy atom. The van der Waals surface area contributed by atoms with Crippen LogP contribution in [0.15, 0.2) is 15.9 Å². The lowest BCUT2D eigenvalue weighted by Gasteiger charge is -2.09. The number of amides is 1. The van der Waals surface area contributed by atoms with Crippen molar-refractivity contribution in [2.45, 2.75) is 31.7 Å². The molecular formula is C10H15BrN2OS. The highest BCUT2D eigenvalue weighted by molar-refractivity contribution is 9.10. The molecular weight excluding hydrogens is 276 g/mol. The predicted molar refractivity (Wildman–Crippen MR) is 66.6 cm³/mol. The molecule has 0 aliphatic carbocycles. The van der Waals surface area contributed by atoms with Gasteiger partial charge >= 0.3 is 0 Å². The Morgan fingerprint density at radius 1 is 1.53 bits per heavy atom. The van der Waals surface area contributed by atoms with Gasteiger partial charge in [-0.1, -0.05) is 6.42 Å². The molecule has 1 amide bonds. The molecule has 0 bridgehead atoms. The quantitative estimate of drug-likeness (QED) is 0.791. The second-order valence-electron chi connectivity index (χ2n) is 3.45. The summed E-state index contributed by atoms with van der Waals surface area (Å²) in [6, 6.07) is 2.07. The molecule has 1 rings (SSSR count). The maximum Gasteiger partial charge on any atom is 0.217 e. The Labute approximate surface area is 102 Å². The Balaban J connectivity index is 2.28. The molecule has 0 saturated carbocycles. The first-order chi connectivity index (χ1) is 7.11. The van der Waals surface area contributed by atoms with Gasteiger partial charge in [0.2, 0.25) is 5.91 Å². The van der Waals surface area contributed by atoms with Crippen molar-refractivity contribution in [3.63, 3.8) is 0 Å². The van der Waals surface area contributed by atoms with Crippen LogP contribution in [0.1, 0.15) is 36.6 Å². The SMILES string of the molecule is NC(=O)CCCCC(N)c1sccc1Br. The lowest BCUT2D eigenvalue weighted by Crippen LogP contribution is -2.11. The molecule has 0 radical (unpaired) electrons. The van der Waals surface area contributed by atoms with Crippen LogP contribution in [0.25, 0.3) is 0 Å². The second kappa shape index (κ2) is 6.25. The van der Waals surface area contributed by atoms with Crippen molar-refractivity contribution in [1.29, 1.82) is 0 Å². The Bertz CT molecular complexity index is 327. The number of unbranched alkanes of at least 4 members (excludes halogenated alkanes) is 1. The predicted octanol–water partition coefficient (Wildman–Crippen LogP) is 2.56. The highest BCUT2D eigenvalue weighted by atomic mass is 79.9. The summed E-state index contributed by atoms with van der Waals surface area (Å²) in [5, 5.41) is 2.02. The van der Waals surface area contributed by atoms with E-state index in [1.807, 2.05) is 11.4 Å². The van der Waals surface area contributed by atoms with Gasteiger partial charge in [0.05, 0.1) is 0 Å². The lowest BCUT2D eigenvalue weighted by molar-refractivity contribution is -0.118. The first-order valence-corrected chi connectivity index (χ1v) is 6.55. The third-order valence-electron chi connectivity index (χ3n) is 2.17. The Kier molecular flexibility index (Phi) is 5.28. The number of hydrogen-bond donors (Lipinski definition) is 2. The average molecular weight is 291 g/mol. The van der Waals surface area contributed by atoms with Crippen molar-refractivity contribution in [2.75, 3.05) is 0 Å². The van der Waals surface area contributed by atoms with Crippen molar-refractivity contribution in [2.24, 2.45) is 11.5 Å². The van der Waals surface area contributed by atoms with E-state index in [9.17, 15) is 4.79 Å². The molecule has 0 aliphatic rings. The zero-order valence-electron chi connectivity index (χ0n) is 8.41. The highest BCUT2D eigenvalue weighted by Gasteiger charge is 2.10. The molecule has 84 valence electrons. The summed E-state index contributed by atoms with van der Waals surface area (Å²) < 4.78 is 1.08. The topological polar surface area (TPSA) is 69.1 Å². The summed E-state index contributed by atoms with van der Waals surface area (Å²) in [6.45, 7) is 0. The van der Waals surface area contributed by atoms with Crippen LogP contribution < -0.4 is 11.5 Å². The number of primary amides is 1. The maximum atomic E-state index is 10.5. The van der Waals surface area contributed by atoms with Gasteiger partial charge in [-0.15, -0.1) is 11.3 Å². The van der Waals surface area contributed by atoms with Gasteiger partial charge in [0.1, 0.15) is 0 Å². The number of hydrogen-bond acceptors (Lipinski definition) is 3. The van der Waals surface area contributed by atoms with Crippen LogP contribution >= 0.6 is 27.3 Å². The number of rotatable bonds is 6. The van der Waals surface area contributed by atoms with Crippen LogP contribution in [0, 0.1) is 0 Å². The fourth-order valence-corrected chi connectivity index (χ4v) is 3.07. The van der Waals surface area contributed by atoms with Gasteiger partial charge in [-0.2, -0.15) is 0 Å². The zero-order valence-corrected chi connectivity index (χ0v) is 10.8. The minimum absolute atomic E-state index is 0.0623. The molecule has 1 unspecified atom stereocenters. The van der Waals surface area contributed by atoms with E-state index in [4.69, 9.17) is 11.5 Å². The van der Waals surface area contributed by atoms with E-state index in [2.05, 4.69) is 15.9 Å². The van der Waals surface area contributed by atoms with Crippen LogP contribution in [0.2, 0.25) is 0 Å². The van der Waals surface area contributed by atoms with Gasteiger partial charge < -0.3 is 11.5 Å². The minimum atomic E-state index is -0.235. The smallest absolute Gasteiger partial charge is 0.217 e. The van der Waals surface area contributed by atoms with E-state index in [-0.39, 0.29) is 11.9 Å². The maximum absolute atomic E-state index is 10.5. The number of carbonyl (C=O) groups is 1. The molecule has 0 aliphatic heterocycles. The third kappa shape index (κ3) is 4.32. The fourth-order valence-electron chi connectivity index (χ4n) is 1.36. The highest BCUT2D eigenvalue weighted by Crippen LogP contribution is 2.30. The van der Waals surface area contributed by atoms with E-state index >= 15 is 0 Å². The van der Waals surface area contributed by atoms with Crippen LogP contribution in [0.3, 0.4) is 0 Å². The number of thiophene rings is 1. The first kappa shape index (κ1) is 12.7. The van der Waals surface area contributed by atoms with E-state index in [0.29, 0.717) is 6.42 Å². The van der Waals surface area contributed by atoms with Gasteiger partial charge in [0.25, 0.3) is 0 Å². The number of halogens is 1. The van der Waals surface area contributed by atoms with Crippen molar-refractivity contribution >= 4 is 33.2 Å². The standard InChI is InChI=1S/C10H15BrN2OS/c11-7-5-6-15-10(7)8(12)3-1-2-4-9(13)14/h5-6,8H,1-4,12H2,(H2,13,14). The van der Waals surface area contributed by atoms with Crippen LogP contribution in [-0.2, 0) is 4.79 Å². The molecule has 1 aromatic rings. The van der Waals surface area contributed by atoms with Crippen molar-refractivity contribution in [3.8, 4) is 0 Å². The summed E-state index contributed by atoms with van der Waals surface area (Å²) in [7, 11) is 0. The lowest BCUT2D eigenvalue weighted by atomic mass is 10.1. The van der Waals surface area contributed by atoms with Crippen LogP contribution in [0.5, 0.6) is 0 Å². The minimum Gasteiger partial charge on any atom is -0.370 e. The molecule has 0 fully saturated rings. The van der Waals surface area contributed by atoms with Crippen LogP contribution in [-0.4, -0.2) is 5.91 Å². The number of carbonyl (C=O) groups excluding carboxylic acids is 1. The van der Waals surface area contributed by atoms with Gasteiger partial charge in [-0.25, -0.2) is 0 Å². The first-order valence-electron chi connectivity index (χ1n) is 4.88. The van der Waals surface area contributed by atoms with E-state index in [0.717, 1.165) is 23.7 Å². The summed E-state index contributed by atoms with van der Waals surface area (Å²) in [5.74, 6) is -0.235. The van der Waals surface area contributed by atoms with Crippen molar-refractivity contribution in [3.05, 3.63) is 20.8 Å². The van der Waals surface area contributed by atoms with Crippen molar-refractivity contribution < 1.29 is 4.79 Å². The molecule has 0 saturated heterocycles. The molecule has 5 heteroatoms. The molecule has 1 aromatic heterocycles. The monoisotopic (exact) mass is 290 g/mol. The zero-order chi connectivity index (χ0) is 11.3. The van der Waals surface area contributed by atoms with Crippen LogP contribution in [0.4, 0.5) is 0 Å². The largest absolute Gasteiger partial charge is 0.370 e. The second-order valence-corrected chi connectivity index (χ2v) is 5.25. The summed E-state index contributed by atoms with van der Waals surface area (Å²) in [4.78, 5) is 11.7. The fraction of sp³-hybridized carbons (Fsp3) is 0.500. The average Bonchev–Trinajstić information content (AvgIpc) is 2.58. The van der Waals surface area contributed by atoms with Gasteiger partial charge in [-0.05, 0) is 40.2 Å². The Morgan fingerprint density at radius 2 is 2.27 bits per heavy atom. The molecule has 1 atom stereocenters. The van der Waals surface area contributed by atoms with Gasteiger partial charge in [0, 0.05) is 21.8 Å². The molecule has 1 heterocycles.